The molecular weight excluding hydrogens is 331 g/mol. The van der Waals surface area contributed by atoms with Gasteiger partial charge < -0.3 is 10.2 Å². The molecule has 1 heterocycles. The van der Waals surface area contributed by atoms with Crippen molar-refractivity contribution in [2.24, 2.45) is 5.92 Å². The Morgan fingerprint density at radius 3 is 2.71 bits per heavy atom. The van der Waals surface area contributed by atoms with Gasteiger partial charge in [-0.1, -0.05) is 35.9 Å². The number of carbonyl (C=O) groups excluding carboxylic acids is 2. The number of halogens is 1. The molecule has 0 aromatic rings. The summed E-state index contributed by atoms with van der Waals surface area (Å²) in [6.45, 7) is 4.50. The second-order valence-corrected chi connectivity index (χ2v) is 5.25. The van der Waals surface area contributed by atoms with Gasteiger partial charge in [-0.05, 0) is 19.3 Å². The molecule has 98 valence electrons. The van der Waals surface area contributed by atoms with Crippen LogP contribution in [-0.2, 0) is 9.59 Å². The summed E-state index contributed by atoms with van der Waals surface area (Å²) in [4.78, 5) is 25.5. The number of rotatable bonds is 4. The molecule has 1 fully saturated rings. The van der Waals surface area contributed by atoms with Gasteiger partial charge in [-0.2, -0.15) is 0 Å². The Bertz CT molecular complexity index is 284. The van der Waals surface area contributed by atoms with Crippen LogP contribution in [0.15, 0.2) is 0 Å². The van der Waals surface area contributed by atoms with Crippen LogP contribution in [0, 0.1) is 5.92 Å². The first-order valence-electron chi connectivity index (χ1n) is 6.22. The number of piperidine rings is 1. The molecule has 0 radical (unpaired) electrons. The summed E-state index contributed by atoms with van der Waals surface area (Å²) in [5.74, 6) is 0.168. The highest BCUT2D eigenvalue weighted by molar-refractivity contribution is 14.1. The number of nitrogens with zero attached hydrogens (tertiary/aromatic N) is 1. The first kappa shape index (κ1) is 14.7. The average molecular weight is 352 g/mol. The first-order valence-corrected chi connectivity index (χ1v) is 7.75. The molecule has 1 N–H and O–H groups in total. The second kappa shape index (κ2) is 7.18. The number of alkyl halides is 1. The fourth-order valence-corrected chi connectivity index (χ4v) is 2.98. The van der Waals surface area contributed by atoms with Gasteiger partial charge in [-0.3, -0.25) is 9.59 Å². The highest BCUT2D eigenvalue weighted by Gasteiger charge is 2.36. The maximum atomic E-state index is 12.0. The van der Waals surface area contributed by atoms with E-state index in [1.54, 1.807) is 6.92 Å². The van der Waals surface area contributed by atoms with Crippen molar-refractivity contribution in [3.05, 3.63) is 0 Å². The number of amides is 2. The van der Waals surface area contributed by atoms with Crippen LogP contribution in [0.2, 0.25) is 0 Å². The molecule has 0 aliphatic carbocycles. The van der Waals surface area contributed by atoms with Crippen molar-refractivity contribution in [3.8, 4) is 0 Å². The minimum absolute atomic E-state index is 0.0256. The lowest BCUT2D eigenvalue weighted by atomic mass is 9.85. The zero-order chi connectivity index (χ0) is 12.8. The maximum absolute atomic E-state index is 12.0. The summed E-state index contributed by atoms with van der Waals surface area (Å²) >= 11 is 2.13. The van der Waals surface area contributed by atoms with Gasteiger partial charge in [0.2, 0.25) is 11.8 Å². The molecule has 17 heavy (non-hydrogen) atoms. The van der Waals surface area contributed by atoms with Gasteiger partial charge in [0.05, 0.1) is 10.5 Å². The highest BCUT2D eigenvalue weighted by Crippen LogP contribution is 2.27. The Morgan fingerprint density at radius 1 is 1.47 bits per heavy atom. The molecule has 2 amide bonds. The van der Waals surface area contributed by atoms with Gasteiger partial charge in [0.1, 0.15) is 0 Å². The first-order chi connectivity index (χ1) is 8.11. The summed E-state index contributed by atoms with van der Waals surface area (Å²) in [5, 5.41) is 2.87. The van der Waals surface area contributed by atoms with Crippen LogP contribution in [-0.4, -0.2) is 33.9 Å². The van der Waals surface area contributed by atoms with Crippen LogP contribution in [0.5, 0.6) is 0 Å². The molecule has 2 unspecified atom stereocenters. The van der Waals surface area contributed by atoms with E-state index in [2.05, 4.69) is 34.8 Å². The average Bonchev–Trinajstić information content (AvgIpc) is 2.29. The highest BCUT2D eigenvalue weighted by atomic mass is 127. The lowest BCUT2D eigenvalue weighted by Gasteiger charge is -2.40. The topological polar surface area (TPSA) is 49.4 Å². The molecule has 1 rings (SSSR count). The monoisotopic (exact) mass is 352 g/mol. The third kappa shape index (κ3) is 3.82. The summed E-state index contributed by atoms with van der Waals surface area (Å²) in [6.07, 6.45) is 3.75. The molecule has 2 atom stereocenters. The van der Waals surface area contributed by atoms with Crippen LogP contribution in [0.4, 0.5) is 0 Å². The summed E-state index contributed by atoms with van der Waals surface area (Å²) in [6, 6.07) is 0.0919. The summed E-state index contributed by atoms with van der Waals surface area (Å²) in [7, 11) is 0. The summed E-state index contributed by atoms with van der Waals surface area (Å²) < 4.78 is 0.631. The van der Waals surface area contributed by atoms with E-state index < -0.39 is 0 Å². The summed E-state index contributed by atoms with van der Waals surface area (Å²) in [5.41, 5.74) is 0. The van der Waals surface area contributed by atoms with Crippen molar-refractivity contribution >= 4 is 34.4 Å². The third-order valence-electron chi connectivity index (χ3n) is 3.35. The van der Waals surface area contributed by atoms with Crippen molar-refractivity contribution < 1.29 is 9.59 Å². The van der Waals surface area contributed by atoms with E-state index in [9.17, 15) is 9.59 Å². The van der Waals surface area contributed by atoms with Gasteiger partial charge in [0, 0.05) is 19.5 Å². The Kier molecular flexibility index (Phi) is 6.22. The lowest BCUT2D eigenvalue weighted by Crippen LogP contribution is -2.52. The van der Waals surface area contributed by atoms with E-state index in [0.29, 0.717) is 4.55 Å². The zero-order valence-corrected chi connectivity index (χ0v) is 12.7. The molecule has 0 saturated carbocycles. The van der Waals surface area contributed by atoms with E-state index >= 15 is 0 Å². The fraction of sp³-hybridized carbons (Fsp3) is 0.833. The molecule has 5 heteroatoms. The van der Waals surface area contributed by atoms with E-state index in [1.807, 2.05) is 4.90 Å². The Hall–Kier alpha value is -0.330. The SMILES string of the molecule is CCCC1C(C(=O)NCI)CCCN1C(C)=O. The van der Waals surface area contributed by atoms with E-state index in [-0.39, 0.29) is 23.8 Å². The second-order valence-electron chi connectivity index (χ2n) is 4.49. The Labute approximate surface area is 117 Å². The molecule has 4 nitrogen and oxygen atoms in total. The third-order valence-corrected chi connectivity index (χ3v) is 3.73. The van der Waals surface area contributed by atoms with Crippen molar-refractivity contribution in [1.29, 1.82) is 0 Å². The minimum atomic E-state index is -0.0256. The van der Waals surface area contributed by atoms with Crippen molar-refractivity contribution in [2.75, 3.05) is 11.1 Å². The quantitative estimate of drug-likeness (QED) is 0.478. The Balaban J connectivity index is 2.78. The van der Waals surface area contributed by atoms with Crippen LogP contribution in [0.25, 0.3) is 0 Å². The minimum Gasteiger partial charge on any atom is -0.347 e. The van der Waals surface area contributed by atoms with E-state index in [0.717, 1.165) is 32.2 Å². The molecule has 1 saturated heterocycles. The van der Waals surface area contributed by atoms with Crippen LogP contribution in [0.3, 0.4) is 0 Å². The van der Waals surface area contributed by atoms with Gasteiger partial charge in [0.25, 0.3) is 0 Å². The molecule has 0 spiro atoms. The van der Waals surface area contributed by atoms with Gasteiger partial charge in [0.15, 0.2) is 0 Å². The van der Waals surface area contributed by atoms with Crippen molar-refractivity contribution in [3.63, 3.8) is 0 Å². The number of likely N-dealkylation sites (tertiary alicyclic amines) is 1. The molecular formula is C12H21IN2O2. The number of hydrogen-bond acceptors (Lipinski definition) is 2. The molecule has 0 aromatic heterocycles. The van der Waals surface area contributed by atoms with Crippen molar-refractivity contribution in [2.45, 2.75) is 45.6 Å². The molecule has 1 aliphatic heterocycles. The van der Waals surface area contributed by atoms with Crippen molar-refractivity contribution in [1.82, 2.24) is 10.2 Å². The standard InChI is InChI=1S/C12H21IN2O2/c1-3-5-11-10(12(17)14-8-13)6-4-7-15(11)9(2)16/h10-11H,3-8H2,1-2H3,(H,14,17). The predicted molar refractivity (Wildman–Crippen MR) is 75.8 cm³/mol. The lowest BCUT2D eigenvalue weighted by molar-refractivity contribution is -0.138. The van der Waals surface area contributed by atoms with E-state index in [1.165, 1.54) is 0 Å². The smallest absolute Gasteiger partial charge is 0.225 e. The van der Waals surface area contributed by atoms with Gasteiger partial charge in [-0.15, -0.1) is 0 Å². The molecule has 0 bridgehead atoms. The van der Waals surface area contributed by atoms with Crippen LogP contribution < -0.4 is 5.32 Å². The maximum Gasteiger partial charge on any atom is 0.225 e. The predicted octanol–water partition coefficient (Wildman–Crippen LogP) is 1.92. The largest absolute Gasteiger partial charge is 0.347 e. The molecule has 1 aliphatic rings. The van der Waals surface area contributed by atoms with E-state index in [4.69, 9.17) is 0 Å². The van der Waals surface area contributed by atoms with Gasteiger partial charge >= 0.3 is 0 Å². The number of carbonyl (C=O) groups is 2. The normalized spacial score (nSPS) is 24.5. The van der Waals surface area contributed by atoms with Crippen LogP contribution >= 0.6 is 22.6 Å². The van der Waals surface area contributed by atoms with Crippen LogP contribution in [0.1, 0.15) is 39.5 Å². The number of nitrogens with one attached hydrogen (secondary N) is 1. The number of hydrogen-bond donors (Lipinski definition) is 1. The van der Waals surface area contributed by atoms with Gasteiger partial charge in [-0.25, -0.2) is 0 Å². The Morgan fingerprint density at radius 2 is 2.18 bits per heavy atom. The fourth-order valence-electron chi connectivity index (χ4n) is 2.60. The molecule has 0 aromatic carbocycles. The zero-order valence-electron chi connectivity index (χ0n) is 10.5.